The van der Waals surface area contributed by atoms with Crippen molar-refractivity contribution in [3.63, 3.8) is 0 Å². The minimum Gasteiger partial charge on any atom is -0.371 e. The Hall–Kier alpha value is -4.06. The van der Waals surface area contributed by atoms with Crippen LogP contribution < -0.4 is 21.2 Å². The lowest BCUT2D eigenvalue weighted by Crippen LogP contribution is -2.31. The van der Waals surface area contributed by atoms with E-state index in [9.17, 15) is 0 Å². The molecule has 0 radical (unpaired) electrons. The summed E-state index contributed by atoms with van der Waals surface area (Å²) in [6.07, 6.45) is 15.4. The second kappa shape index (κ2) is 16.4. The van der Waals surface area contributed by atoms with Crippen LogP contribution in [0.4, 0.5) is 4.39 Å². The fourth-order valence-electron chi connectivity index (χ4n) is 4.97. The Bertz CT molecular complexity index is 1440. The summed E-state index contributed by atoms with van der Waals surface area (Å²) in [6, 6.07) is 0. The fraction of sp³-hybridized carbons (Fsp3) is 0.361. The first kappa shape index (κ1) is 34.1. The van der Waals surface area contributed by atoms with Gasteiger partial charge >= 0.3 is 0 Å². The molecule has 0 amide bonds. The van der Waals surface area contributed by atoms with Crippen molar-refractivity contribution < 1.29 is 4.39 Å². The standard InChI is InChI=1S/C36H50FN5/c1-12-19-33(42-20-17-16-18-21-42)26(8)28(10)39-29(11)36-34(32(15-4)40-41-36)35(37)27(9)30(13-2)23-31(14-3)38-25(7)22-24(5)6/h12-15,19,23-24,38-40H,1,3,7,9,11,16-18,20-22H2,2,4-6,8,10H3/b28-26+,30-13+,31-23+,32-15+,33-19+,35-34-. The summed E-state index contributed by atoms with van der Waals surface area (Å²) in [5, 5.41) is 14.9. The van der Waals surface area contributed by atoms with E-state index in [0.29, 0.717) is 33.4 Å². The Morgan fingerprint density at radius 2 is 1.74 bits per heavy atom. The summed E-state index contributed by atoms with van der Waals surface area (Å²) >= 11 is 0. The number of hydrogen-bond acceptors (Lipinski definition) is 4. The predicted molar refractivity (Wildman–Crippen MR) is 180 cm³/mol. The number of hydrogen-bond donors (Lipinski definition) is 3. The minimum atomic E-state index is -0.484. The van der Waals surface area contributed by atoms with Crippen LogP contribution in [0.1, 0.15) is 72.9 Å². The summed E-state index contributed by atoms with van der Waals surface area (Å²) in [7, 11) is 0. The zero-order valence-electron chi connectivity index (χ0n) is 26.6. The first-order valence-electron chi connectivity index (χ1n) is 14.8. The van der Waals surface area contributed by atoms with Gasteiger partial charge in [0.15, 0.2) is 0 Å². The summed E-state index contributed by atoms with van der Waals surface area (Å²) < 4.78 is 16.3. The van der Waals surface area contributed by atoms with Gasteiger partial charge in [-0.1, -0.05) is 65.0 Å². The van der Waals surface area contributed by atoms with E-state index in [2.05, 4.69) is 79.4 Å². The summed E-state index contributed by atoms with van der Waals surface area (Å²) in [4.78, 5) is 2.40. The molecular formula is C36H50FN5. The Morgan fingerprint density at radius 1 is 1.07 bits per heavy atom. The molecule has 5 nitrogen and oxygen atoms in total. The molecule has 0 aromatic carbocycles. The molecule has 0 saturated carbocycles. The molecule has 0 bridgehead atoms. The third-order valence-electron chi connectivity index (χ3n) is 7.28. The number of piperidine rings is 1. The van der Waals surface area contributed by atoms with Crippen molar-refractivity contribution in [3.05, 3.63) is 119 Å². The van der Waals surface area contributed by atoms with Crippen LogP contribution in [0.2, 0.25) is 0 Å². The Kier molecular flexibility index (Phi) is 13.3. The third-order valence-corrected chi connectivity index (χ3v) is 7.28. The molecular weight excluding hydrogens is 521 g/mol. The molecule has 0 aliphatic carbocycles. The lowest BCUT2D eigenvalue weighted by molar-refractivity contribution is 0.289. The van der Waals surface area contributed by atoms with Gasteiger partial charge in [-0.15, -0.1) is 0 Å². The number of halogens is 1. The van der Waals surface area contributed by atoms with E-state index >= 15 is 4.39 Å². The molecule has 2 rings (SSSR count). The molecule has 3 N–H and O–H groups in total. The SMILES string of the molecule is C=C/C=C(\C(C)=C(/C)NC(=C)c1n[nH]c(=C/C)/c1=C(/F)C(=C)C(/C=C(\C=C)NC(=C)CC(C)C)=C/C)N1CCCCC1. The van der Waals surface area contributed by atoms with Crippen molar-refractivity contribution in [3.8, 4) is 0 Å². The van der Waals surface area contributed by atoms with Crippen LogP contribution in [0.5, 0.6) is 0 Å². The summed E-state index contributed by atoms with van der Waals surface area (Å²) in [5.41, 5.74) is 6.45. The molecule has 6 heteroatoms. The van der Waals surface area contributed by atoms with Gasteiger partial charge in [0.25, 0.3) is 0 Å². The lowest BCUT2D eigenvalue weighted by Gasteiger charge is -2.32. The van der Waals surface area contributed by atoms with Gasteiger partial charge in [-0.05, 0) is 88.7 Å². The smallest absolute Gasteiger partial charge is 0.142 e. The van der Waals surface area contributed by atoms with Crippen LogP contribution in [0, 0.1) is 5.92 Å². The van der Waals surface area contributed by atoms with E-state index in [0.717, 1.165) is 47.9 Å². The molecule has 1 saturated heterocycles. The van der Waals surface area contributed by atoms with E-state index < -0.39 is 5.83 Å². The maximum Gasteiger partial charge on any atom is 0.142 e. The van der Waals surface area contributed by atoms with E-state index in [-0.39, 0.29) is 5.57 Å². The number of allylic oxidation sites excluding steroid dienone is 10. The number of rotatable bonds is 14. The Labute approximate surface area is 252 Å². The maximum absolute atomic E-state index is 16.3. The number of H-pyrrole nitrogens is 1. The molecule has 0 spiro atoms. The molecule has 1 aliphatic rings. The quantitative estimate of drug-likeness (QED) is 0.203. The van der Waals surface area contributed by atoms with Crippen molar-refractivity contribution in [1.82, 2.24) is 25.7 Å². The average molecular weight is 572 g/mol. The lowest BCUT2D eigenvalue weighted by atomic mass is 10.0. The topological polar surface area (TPSA) is 56.0 Å². The predicted octanol–water partition coefficient (Wildman–Crippen LogP) is 7.42. The highest BCUT2D eigenvalue weighted by molar-refractivity contribution is 5.72. The minimum absolute atomic E-state index is 0.233. The van der Waals surface area contributed by atoms with Gasteiger partial charge in [0, 0.05) is 41.5 Å². The highest BCUT2D eigenvalue weighted by Crippen LogP contribution is 2.24. The molecule has 2 heterocycles. The fourth-order valence-corrected chi connectivity index (χ4v) is 4.97. The van der Waals surface area contributed by atoms with E-state index in [1.54, 1.807) is 12.2 Å². The molecule has 1 aromatic heterocycles. The van der Waals surface area contributed by atoms with Crippen molar-refractivity contribution in [1.29, 1.82) is 0 Å². The van der Waals surface area contributed by atoms with Gasteiger partial charge in [0.2, 0.25) is 0 Å². The third kappa shape index (κ3) is 8.97. The molecule has 226 valence electrons. The van der Waals surface area contributed by atoms with Gasteiger partial charge < -0.3 is 15.5 Å². The van der Waals surface area contributed by atoms with Crippen LogP contribution in [0.25, 0.3) is 17.6 Å². The molecule has 1 aromatic rings. The Morgan fingerprint density at radius 3 is 2.29 bits per heavy atom. The van der Waals surface area contributed by atoms with Gasteiger partial charge in [-0.25, -0.2) is 4.39 Å². The number of aromatic amines is 1. The van der Waals surface area contributed by atoms with Crippen LogP contribution >= 0.6 is 0 Å². The number of likely N-dealkylation sites (tertiary alicyclic amines) is 1. The van der Waals surface area contributed by atoms with Crippen molar-refractivity contribution >= 4 is 17.6 Å². The monoisotopic (exact) mass is 571 g/mol. The summed E-state index contributed by atoms with van der Waals surface area (Å²) in [5.74, 6) is -0.0259. The largest absolute Gasteiger partial charge is 0.371 e. The molecule has 0 unspecified atom stereocenters. The summed E-state index contributed by atoms with van der Waals surface area (Å²) in [6.45, 7) is 34.3. The van der Waals surface area contributed by atoms with Crippen molar-refractivity contribution in [2.45, 2.75) is 67.2 Å². The van der Waals surface area contributed by atoms with Crippen molar-refractivity contribution in [2.75, 3.05) is 13.1 Å². The molecule has 1 fully saturated rings. The highest BCUT2D eigenvalue weighted by atomic mass is 19.1. The van der Waals surface area contributed by atoms with Crippen LogP contribution in [-0.4, -0.2) is 28.2 Å². The Balaban J connectivity index is 2.48. The van der Waals surface area contributed by atoms with E-state index in [1.165, 1.54) is 19.3 Å². The van der Waals surface area contributed by atoms with E-state index in [4.69, 9.17) is 0 Å². The normalized spacial score (nSPS) is 16.6. The van der Waals surface area contributed by atoms with Gasteiger partial charge in [0.1, 0.15) is 11.5 Å². The maximum atomic E-state index is 16.3. The zero-order valence-corrected chi connectivity index (χ0v) is 26.6. The first-order chi connectivity index (χ1) is 20.0. The molecule has 0 atom stereocenters. The van der Waals surface area contributed by atoms with Crippen molar-refractivity contribution in [2.24, 2.45) is 5.92 Å². The van der Waals surface area contributed by atoms with Gasteiger partial charge in [0.05, 0.1) is 16.3 Å². The number of aromatic nitrogens is 2. The van der Waals surface area contributed by atoms with Gasteiger partial charge in [-0.3, -0.25) is 5.10 Å². The van der Waals surface area contributed by atoms with Crippen LogP contribution in [0.3, 0.4) is 0 Å². The van der Waals surface area contributed by atoms with Gasteiger partial charge in [-0.2, -0.15) is 5.10 Å². The molecule has 42 heavy (non-hydrogen) atoms. The van der Waals surface area contributed by atoms with E-state index in [1.807, 2.05) is 45.1 Å². The second-order valence-corrected chi connectivity index (χ2v) is 11.0. The number of nitrogens with zero attached hydrogens (tertiary/aromatic N) is 2. The molecule has 1 aliphatic heterocycles. The highest BCUT2D eigenvalue weighted by Gasteiger charge is 2.18. The average Bonchev–Trinajstić information content (AvgIpc) is 3.41. The van der Waals surface area contributed by atoms with Crippen LogP contribution in [0.15, 0.2) is 103 Å². The van der Waals surface area contributed by atoms with Crippen LogP contribution in [-0.2, 0) is 0 Å². The number of nitrogens with one attached hydrogen (secondary N) is 3. The second-order valence-electron chi connectivity index (χ2n) is 11.0. The first-order valence-corrected chi connectivity index (χ1v) is 14.8. The zero-order chi connectivity index (χ0) is 31.4.